The first-order valence-electron chi connectivity index (χ1n) is 12.9. The van der Waals surface area contributed by atoms with Gasteiger partial charge >= 0.3 is 6.09 Å². The van der Waals surface area contributed by atoms with Crippen LogP contribution in [0, 0.1) is 0 Å². The standard InChI is InChI=1S/C31H28N4O4/c32-27-17-34(31(38)39-19-26-24-9-3-1-7-22(24)23-8-2-4-10-25(23)26)18-28(27)33-30(37)20-12-14-21(15-13-20)35-16-6-5-11-29(35)36/h1-16,26-28H,17-19,32H2,(H,33,37)/t27-,28+/m1/s1. The number of benzene rings is 3. The van der Waals surface area contributed by atoms with Crippen molar-refractivity contribution in [3.8, 4) is 16.8 Å². The van der Waals surface area contributed by atoms with Gasteiger partial charge in [0.2, 0.25) is 0 Å². The monoisotopic (exact) mass is 520 g/mol. The van der Waals surface area contributed by atoms with E-state index >= 15 is 0 Å². The number of likely N-dealkylation sites (tertiary alicyclic amines) is 1. The van der Waals surface area contributed by atoms with Crippen molar-refractivity contribution < 1.29 is 14.3 Å². The van der Waals surface area contributed by atoms with Crippen molar-refractivity contribution in [2.24, 2.45) is 5.73 Å². The van der Waals surface area contributed by atoms with Gasteiger partial charge in [0, 0.05) is 48.6 Å². The molecular formula is C31H28N4O4. The number of rotatable bonds is 5. The second-order valence-electron chi connectivity index (χ2n) is 9.91. The SMILES string of the molecule is N[C@@H]1CN(C(=O)OCC2c3ccccc3-c3ccccc32)C[C@@H]1NC(=O)c1ccc(-n2ccccc2=O)cc1. The average molecular weight is 521 g/mol. The topological polar surface area (TPSA) is 107 Å². The van der Waals surface area contributed by atoms with E-state index in [9.17, 15) is 14.4 Å². The number of hydrogen-bond acceptors (Lipinski definition) is 5. The van der Waals surface area contributed by atoms with Crippen LogP contribution in [0.4, 0.5) is 4.79 Å². The van der Waals surface area contributed by atoms with Crippen molar-refractivity contribution in [1.82, 2.24) is 14.8 Å². The van der Waals surface area contributed by atoms with Gasteiger partial charge in [-0.3, -0.25) is 14.2 Å². The molecule has 0 radical (unpaired) electrons. The summed E-state index contributed by atoms with van der Waals surface area (Å²) in [6.45, 7) is 0.783. The summed E-state index contributed by atoms with van der Waals surface area (Å²) in [7, 11) is 0. The number of carbonyl (C=O) groups excluding carboxylic acids is 2. The predicted octanol–water partition coefficient (Wildman–Crippen LogP) is 3.53. The molecule has 2 amide bonds. The molecule has 196 valence electrons. The first kappa shape index (κ1) is 24.6. The van der Waals surface area contributed by atoms with Crippen LogP contribution in [-0.4, -0.2) is 53.2 Å². The largest absolute Gasteiger partial charge is 0.448 e. The van der Waals surface area contributed by atoms with E-state index < -0.39 is 18.2 Å². The molecule has 3 aromatic carbocycles. The van der Waals surface area contributed by atoms with E-state index in [0.29, 0.717) is 11.3 Å². The van der Waals surface area contributed by atoms with E-state index in [1.807, 2.05) is 24.3 Å². The van der Waals surface area contributed by atoms with Crippen molar-refractivity contribution in [1.29, 1.82) is 0 Å². The van der Waals surface area contributed by atoms with Gasteiger partial charge in [0.1, 0.15) is 6.61 Å². The van der Waals surface area contributed by atoms with Crippen molar-refractivity contribution in [3.63, 3.8) is 0 Å². The molecular weight excluding hydrogens is 492 g/mol. The summed E-state index contributed by atoms with van der Waals surface area (Å²) in [5, 5.41) is 2.94. The normalized spacial score (nSPS) is 17.9. The summed E-state index contributed by atoms with van der Waals surface area (Å²) in [5.74, 6) is -0.320. The Kier molecular flexibility index (Phi) is 6.46. The van der Waals surface area contributed by atoms with Gasteiger partial charge in [0.15, 0.2) is 0 Å². The summed E-state index contributed by atoms with van der Waals surface area (Å²) in [5.41, 5.74) is 11.9. The van der Waals surface area contributed by atoms with Gasteiger partial charge < -0.3 is 20.7 Å². The van der Waals surface area contributed by atoms with Crippen molar-refractivity contribution in [2.75, 3.05) is 19.7 Å². The van der Waals surface area contributed by atoms with Gasteiger partial charge in [-0.05, 0) is 52.6 Å². The van der Waals surface area contributed by atoms with Crippen molar-refractivity contribution in [2.45, 2.75) is 18.0 Å². The maximum Gasteiger partial charge on any atom is 0.409 e. The van der Waals surface area contributed by atoms with Crippen LogP contribution in [0.25, 0.3) is 16.8 Å². The molecule has 1 saturated heterocycles. The second kappa shape index (κ2) is 10.2. The molecule has 1 aliphatic carbocycles. The molecule has 2 heterocycles. The van der Waals surface area contributed by atoms with Gasteiger partial charge in [-0.15, -0.1) is 0 Å². The summed E-state index contributed by atoms with van der Waals surface area (Å²) in [4.78, 5) is 39.5. The maximum absolute atomic E-state index is 13.0. The van der Waals surface area contributed by atoms with E-state index in [0.717, 1.165) is 11.1 Å². The summed E-state index contributed by atoms with van der Waals surface area (Å²) < 4.78 is 7.27. The fraction of sp³-hybridized carbons (Fsp3) is 0.194. The Balaban J connectivity index is 1.07. The number of pyridine rings is 1. The lowest BCUT2D eigenvalue weighted by atomic mass is 9.98. The molecule has 2 atom stereocenters. The molecule has 1 aliphatic heterocycles. The Bertz CT molecular complexity index is 1550. The average Bonchev–Trinajstić information content (AvgIpc) is 3.49. The van der Waals surface area contributed by atoms with Crippen LogP contribution < -0.4 is 16.6 Å². The van der Waals surface area contributed by atoms with Crippen LogP contribution >= 0.6 is 0 Å². The number of nitrogens with one attached hydrogen (secondary N) is 1. The van der Waals surface area contributed by atoms with E-state index in [-0.39, 0.29) is 37.1 Å². The molecule has 3 N–H and O–H groups in total. The molecule has 8 heteroatoms. The van der Waals surface area contributed by atoms with Crippen LogP contribution in [0.15, 0.2) is 102 Å². The highest BCUT2D eigenvalue weighted by Gasteiger charge is 2.36. The lowest BCUT2D eigenvalue weighted by Crippen LogP contribution is -2.46. The smallest absolute Gasteiger partial charge is 0.409 e. The summed E-state index contributed by atoms with van der Waals surface area (Å²) >= 11 is 0. The number of nitrogens with two attached hydrogens (primary N) is 1. The third-order valence-electron chi connectivity index (χ3n) is 7.51. The summed E-state index contributed by atoms with van der Waals surface area (Å²) in [6.07, 6.45) is 1.23. The lowest BCUT2D eigenvalue weighted by Gasteiger charge is -2.19. The Hall–Kier alpha value is -4.69. The van der Waals surface area contributed by atoms with Crippen LogP contribution in [-0.2, 0) is 4.74 Å². The number of hydrogen-bond donors (Lipinski definition) is 2. The maximum atomic E-state index is 13.0. The third kappa shape index (κ3) is 4.70. The minimum absolute atomic E-state index is 0.0251. The van der Waals surface area contributed by atoms with Crippen molar-refractivity contribution in [3.05, 3.63) is 124 Å². The van der Waals surface area contributed by atoms with Gasteiger partial charge in [-0.1, -0.05) is 54.6 Å². The molecule has 0 spiro atoms. The van der Waals surface area contributed by atoms with Gasteiger partial charge in [0.05, 0.1) is 6.04 Å². The molecule has 0 saturated carbocycles. The Labute approximate surface area is 225 Å². The molecule has 8 nitrogen and oxygen atoms in total. The highest BCUT2D eigenvalue weighted by atomic mass is 16.6. The highest BCUT2D eigenvalue weighted by molar-refractivity contribution is 5.94. The molecule has 0 unspecified atom stereocenters. The van der Waals surface area contributed by atoms with Crippen LogP contribution in [0.3, 0.4) is 0 Å². The summed E-state index contributed by atoms with van der Waals surface area (Å²) in [6, 6.07) is 27.2. The number of carbonyl (C=O) groups is 2. The molecule has 0 bridgehead atoms. The minimum Gasteiger partial charge on any atom is -0.448 e. The second-order valence-corrected chi connectivity index (χ2v) is 9.91. The number of amides is 2. The fourth-order valence-corrected chi connectivity index (χ4v) is 5.48. The Morgan fingerprint density at radius 3 is 2.15 bits per heavy atom. The van der Waals surface area contributed by atoms with Crippen LogP contribution in [0.2, 0.25) is 0 Å². The zero-order valence-electron chi connectivity index (χ0n) is 21.2. The van der Waals surface area contributed by atoms with Crippen LogP contribution in [0.1, 0.15) is 27.4 Å². The molecule has 6 rings (SSSR count). The zero-order valence-corrected chi connectivity index (χ0v) is 21.2. The van der Waals surface area contributed by atoms with Gasteiger partial charge in [-0.2, -0.15) is 0 Å². The Morgan fingerprint density at radius 1 is 0.846 bits per heavy atom. The Morgan fingerprint density at radius 2 is 1.49 bits per heavy atom. The molecule has 1 aromatic heterocycles. The highest BCUT2D eigenvalue weighted by Crippen LogP contribution is 2.44. The number of aromatic nitrogens is 1. The molecule has 39 heavy (non-hydrogen) atoms. The molecule has 1 fully saturated rings. The number of fused-ring (bicyclic) bond motifs is 3. The number of nitrogens with zero attached hydrogens (tertiary/aromatic N) is 2. The van der Waals surface area contributed by atoms with Crippen LogP contribution in [0.5, 0.6) is 0 Å². The zero-order chi connectivity index (χ0) is 26.9. The van der Waals surface area contributed by atoms with E-state index in [1.54, 1.807) is 47.5 Å². The van der Waals surface area contributed by atoms with E-state index in [4.69, 9.17) is 10.5 Å². The minimum atomic E-state index is -0.443. The third-order valence-corrected chi connectivity index (χ3v) is 7.51. The fourth-order valence-electron chi connectivity index (χ4n) is 5.48. The van der Waals surface area contributed by atoms with E-state index in [2.05, 4.69) is 29.6 Å². The van der Waals surface area contributed by atoms with Crippen molar-refractivity contribution >= 4 is 12.0 Å². The first-order valence-corrected chi connectivity index (χ1v) is 12.9. The van der Waals surface area contributed by atoms with E-state index in [1.165, 1.54) is 21.8 Å². The quantitative estimate of drug-likeness (QED) is 0.419. The first-order chi connectivity index (χ1) is 19.0. The predicted molar refractivity (Wildman–Crippen MR) is 148 cm³/mol. The number of ether oxygens (including phenoxy) is 1. The molecule has 4 aromatic rings. The lowest BCUT2D eigenvalue weighted by molar-refractivity contribution is 0.0924. The van der Waals surface area contributed by atoms with Gasteiger partial charge in [0.25, 0.3) is 11.5 Å². The van der Waals surface area contributed by atoms with Gasteiger partial charge in [-0.25, -0.2) is 4.79 Å². The molecule has 2 aliphatic rings.